The summed E-state index contributed by atoms with van der Waals surface area (Å²) in [5.41, 5.74) is 8.17. The predicted molar refractivity (Wildman–Crippen MR) is 59.3 cm³/mol. The molecule has 0 radical (unpaired) electrons. The van der Waals surface area contributed by atoms with E-state index in [1.807, 2.05) is 19.2 Å². The van der Waals surface area contributed by atoms with Gasteiger partial charge in [-0.3, -0.25) is 4.98 Å². The Hall–Kier alpha value is -0.930. The molecule has 1 aliphatic carbocycles. The van der Waals surface area contributed by atoms with E-state index in [2.05, 4.69) is 11.1 Å². The Balaban J connectivity index is 2.22. The van der Waals surface area contributed by atoms with Crippen LogP contribution in [0, 0.1) is 6.92 Å². The minimum Gasteiger partial charge on any atom is -0.393 e. The van der Waals surface area contributed by atoms with Gasteiger partial charge in [-0.1, -0.05) is 0 Å². The molecule has 1 heterocycles. The molecule has 1 aliphatic rings. The number of aryl methyl sites for hydroxylation is 1. The second-order valence-corrected chi connectivity index (χ2v) is 4.61. The summed E-state index contributed by atoms with van der Waals surface area (Å²) in [5, 5.41) is 9.47. The van der Waals surface area contributed by atoms with E-state index in [4.69, 9.17) is 5.73 Å². The van der Waals surface area contributed by atoms with Crippen LogP contribution in [0.2, 0.25) is 0 Å². The number of nitrogens with two attached hydrogens (primary N) is 1. The first-order valence-electron chi connectivity index (χ1n) is 5.50. The molecule has 0 aromatic carbocycles. The van der Waals surface area contributed by atoms with Gasteiger partial charge in [0.15, 0.2) is 0 Å². The number of hydrogen-bond acceptors (Lipinski definition) is 3. The van der Waals surface area contributed by atoms with Crippen molar-refractivity contribution >= 4 is 0 Å². The molecule has 0 unspecified atom stereocenters. The van der Waals surface area contributed by atoms with E-state index in [9.17, 15) is 5.11 Å². The Morgan fingerprint density at radius 3 is 2.73 bits per heavy atom. The van der Waals surface area contributed by atoms with Gasteiger partial charge in [-0.05, 0) is 50.3 Å². The predicted octanol–water partition coefficient (Wildman–Crippen LogP) is 1.48. The molecule has 1 saturated carbocycles. The summed E-state index contributed by atoms with van der Waals surface area (Å²) >= 11 is 0. The summed E-state index contributed by atoms with van der Waals surface area (Å²) in [4.78, 5) is 4.35. The highest BCUT2D eigenvalue weighted by molar-refractivity contribution is 5.21. The van der Waals surface area contributed by atoms with Crippen molar-refractivity contribution < 1.29 is 5.11 Å². The molecule has 0 saturated heterocycles. The maximum Gasteiger partial charge on any atom is 0.0605 e. The fraction of sp³-hybridized carbons (Fsp3) is 0.583. The minimum atomic E-state index is -0.328. The highest BCUT2D eigenvalue weighted by Gasteiger charge is 2.33. The standard InChI is InChI=1S/C12H18N2O/c1-9-4-7-14-11(8-9)12(13)5-2-10(15)3-6-12/h4,7-8,10,15H,2-3,5-6,13H2,1H3. The average Bonchev–Trinajstić information content (AvgIpc) is 2.23. The molecule has 1 fully saturated rings. The molecule has 82 valence electrons. The average molecular weight is 206 g/mol. The number of aliphatic hydroxyl groups is 1. The molecule has 1 aromatic rings. The van der Waals surface area contributed by atoms with E-state index in [-0.39, 0.29) is 11.6 Å². The lowest BCUT2D eigenvalue weighted by molar-refractivity contribution is 0.0956. The van der Waals surface area contributed by atoms with Gasteiger partial charge in [0.1, 0.15) is 0 Å². The number of hydrogen-bond donors (Lipinski definition) is 2. The van der Waals surface area contributed by atoms with Gasteiger partial charge < -0.3 is 10.8 Å². The van der Waals surface area contributed by atoms with Crippen LogP contribution in [0.15, 0.2) is 18.3 Å². The maximum absolute atomic E-state index is 9.47. The Morgan fingerprint density at radius 2 is 2.13 bits per heavy atom. The van der Waals surface area contributed by atoms with Crippen LogP contribution < -0.4 is 5.73 Å². The van der Waals surface area contributed by atoms with Gasteiger partial charge in [0.2, 0.25) is 0 Å². The van der Waals surface area contributed by atoms with Crippen LogP contribution in [-0.4, -0.2) is 16.2 Å². The monoisotopic (exact) mass is 206 g/mol. The minimum absolute atomic E-state index is 0.175. The quantitative estimate of drug-likeness (QED) is 0.731. The molecule has 0 bridgehead atoms. The largest absolute Gasteiger partial charge is 0.393 e. The van der Waals surface area contributed by atoms with Crippen LogP contribution in [0.4, 0.5) is 0 Å². The van der Waals surface area contributed by atoms with Crippen molar-refractivity contribution in [2.75, 3.05) is 0 Å². The van der Waals surface area contributed by atoms with Crippen molar-refractivity contribution in [3.8, 4) is 0 Å². The summed E-state index contributed by atoms with van der Waals surface area (Å²) in [5.74, 6) is 0. The van der Waals surface area contributed by atoms with Crippen LogP contribution in [0.5, 0.6) is 0 Å². The lowest BCUT2D eigenvalue weighted by atomic mass is 9.78. The van der Waals surface area contributed by atoms with E-state index in [0.717, 1.165) is 31.4 Å². The van der Waals surface area contributed by atoms with Crippen LogP contribution in [-0.2, 0) is 5.54 Å². The highest BCUT2D eigenvalue weighted by Crippen LogP contribution is 2.33. The van der Waals surface area contributed by atoms with E-state index < -0.39 is 0 Å². The lowest BCUT2D eigenvalue weighted by Gasteiger charge is -2.35. The lowest BCUT2D eigenvalue weighted by Crippen LogP contribution is -2.42. The van der Waals surface area contributed by atoms with Crippen molar-refractivity contribution in [2.24, 2.45) is 5.73 Å². The molecule has 3 N–H and O–H groups in total. The zero-order valence-electron chi connectivity index (χ0n) is 9.11. The van der Waals surface area contributed by atoms with Gasteiger partial charge in [-0.2, -0.15) is 0 Å². The number of pyridine rings is 1. The number of aromatic nitrogens is 1. The van der Waals surface area contributed by atoms with Crippen LogP contribution in [0.25, 0.3) is 0 Å². The van der Waals surface area contributed by atoms with Crippen LogP contribution >= 0.6 is 0 Å². The van der Waals surface area contributed by atoms with Gasteiger partial charge in [0.25, 0.3) is 0 Å². The first-order valence-corrected chi connectivity index (χ1v) is 5.50. The van der Waals surface area contributed by atoms with Gasteiger partial charge >= 0.3 is 0 Å². The number of rotatable bonds is 1. The Bertz CT molecular complexity index is 343. The smallest absolute Gasteiger partial charge is 0.0605 e. The molecule has 3 nitrogen and oxygen atoms in total. The van der Waals surface area contributed by atoms with Crippen molar-refractivity contribution in [3.05, 3.63) is 29.6 Å². The molecule has 3 heteroatoms. The maximum atomic E-state index is 9.47. The topological polar surface area (TPSA) is 59.1 Å². The van der Waals surface area contributed by atoms with Crippen molar-refractivity contribution in [3.63, 3.8) is 0 Å². The van der Waals surface area contributed by atoms with Crippen molar-refractivity contribution in [1.29, 1.82) is 0 Å². The molecule has 2 rings (SSSR count). The molecule has 0 amide bonds. The van der Waals surface area contributed by atoms with E-state index in [0.29, 0.717) is 0 Å². The zero-order chi connectivity index (χ0) is 10.9. The SMILES string of the molecule is Cc1ccnc(C2(N)CCC(O)CC2)c1. The molecule has 15 heavy (non-hydrogen) atoms. The Labute approximate surface area is 90.3 Å². The van der Waals surface area contributed by atoms with E-state index >= 15 is 0 Å². The van der Waals surface area contributed by atoms with Gasteiger partial charge in [0, 0.05) is 6.20 Å². The molecular formula is C12H18N2O. The normalized spacial score (nSPS) is 31.5. The third-order valence-corrected chi connectivity index (χ3v) is 3.27. The molecular weight excluding hydrogens is 188 g/mol. The second kappa shape index (κ2) is 3.91. The Morgan fingerprint density at radius 1 is 1.47 bits per heavy atom. The fourth-order valence-corrected chi connectivity index (χ4v) is 2.18. The van der Waals surface area contributed by atoms with Gasteiger partial charge in [-0.15, -0.1) is 0 Å². The molecule has 0 atom stereocenters. The first kappa shape index (κ1) is 10.6. The fourth-order valence-electron chi connectivity index (χ4n) is 2.18. The van der Waals surface area contributed by atoms with E-state index in [1.54, 1.807) is 0 Å². The summed E-state index contributed by atoms with van der Waals surface area (Å²) in [6, 6.07) is 4.03. The molecule has 1 aromatic heterocycles. The third-order valence-electron chi connectivity index (χ3n) is 3.27. The third kappa shape index (κ3) is 2.19. The Kier molecular flexibility index (Phi) is 2.76. The van der Waals surface area contributed by atoms with Crippen molar-refractivity contribution in [1.82, 2.24) is 4.98 Å². The molecule has 0 spiro atoms. The number of nitrogens with zero attached hydrogens (tertiary/aromatic N) is 1. The highest BCUT2D eigenvalue weighted by atomic mass is 16.3. The molecule has 0 aliphatic heterocycles. The van der Waals surface area contributed by atoms with Gasteiger partial charge in [-0.25, -0.2) is 0 Å². The van der Waals surface area contributed by atoms with Crippen LogP contribution in [0.3, 0.4) is 0 Å². The summed E-state index contributed by atoms with van der Waals surface area (Å²) < 4.78 is 0. The van der Waals surface area contributed by atoms with Crippen LogP contribution in [0.1, 0.15) is 36.9 Å². The number of aliphatic hydroxyl groups excluding tert-OH is 1. The van der Waals surface area contributed by atoms with Crippen molar-refractivity contribution in [2.45, 2.75) is 44.2 Å². The summed E-state index contributed by atoms with van der Waals surface area (Å²) in [6.45, 7) is 2.05. The first-order chi connectivity index (χ1) is 7.10. The van der Waals surface area contributed by atoms with Gasteiger partial charge in [0.05, 0.1) is 17.3 Å². The summed E-state index contributed by atoms with van der Waals surface area (Å²) in [6.07, 6.45) is 4.85. The second-order valence-electron chi connectivity index (χ2n) is 4.61. The van der Waals surface area contributed by atoms with E-state index in [1.165, 1.54) is 5.56 Å². The summed E-state index contributed by atoms with van der Waals surface area (Å²) in [7, 11) is 0. The zero-order valence-corrected chi connectivity index (χ0v) is 9.11.